The number of rotatable bonds is 10. The summed E-state index contributed by atoms with van der Waals surface area (Å²) in [7, 11) is -4.79. The van der Waals surface area contributed by atoms with Crippen LogP contribution >= 0.6 is 0 Å². The second-order valence-electron chi connectivity index (χ2n) is 9.41. The van der Waals surface area contributed by atoms with Crippen LogP contribution in [0.3, 0.4) is 0 Å². The van der Waals surface area contributed by atoms with Gasteiger partial charge < -0.3 is 0 Å². The van der Waals surface area contributed by atoms with Crippen LogP contribution in [0.4, 0.5) is 37.7 Å². The van der Waals surface area contributed by atoms with Gasteiger partial charge in [0.05, 0.1) is 9.85 Å². The van der Waals surface area contributed by atoms with Gasteiger partial charge in [0.15, 0.2) is 9.84 Å². The molecule has 15 heteroatoms. The van der Waals surface area contributed by atoms with E-state index in [4.69, 9.17) is 0 Å². The summed E-state index contributed by atoms with van der Waals surface area (Å²) < 4.78 is 113. The third-order valence-electron chi connectivity index (χ3n) is 6.54. The fourth-order valence-electron chi connectivity index (χ4n) is 4.34. The number of non-ortho nitro benzene ring substituents is 2. The van der Waals surface area contributed by atoms with Gasteiger partial charge in [0.2, 0.25) is 0 Å². The lowest BCUT2D eigenvalue weighted by Gasteiger charge is -2.22. The number of halogens is 6. The molecule has 0 fully saturated rings. The van der Waals surface area contributed by atoms with Crippen LogP contribution in [0.5, 0.6) is 0 Å². The maximum absolute atomic E-state index is 14.4. The average molecular weight is 649 g/mol. The molecule has 2 unspecified atom stereocenters. The number of hydrogen-bond donors (Lipinski definition) is 0. The molecule has 0 aromatic heterocycles. The molecule has 0 N–H and O–H groups in total. The molecule has 0 spiro atoms. The molecule has 0 aliphatic heterocycles. The molecule has 0 saturated heterocycles. The molecule has 232 valence electrons. The molecule has 0 aliphatic rings. The predicted octanol–water partition coefficient (Wildman–Crippen LogP) is 7.96. The monoisotopic (exact) mass is 648 g/mol. The lowest BCUT2D eigenvalue weighted by molar-refractivity contribution is -0.385. The smallest absolute Gasteiger partial charge is 0.258 e. The van der Waals surface area contributed by atoms with Crippen molar-refractivity contribution < 1.29 is 44.6 Å². The molecule has 4 aromatic rings. The van der Waals surface area contributed by atoms with E-state index in [1.807, 2.05) is 0 Å². The van der Waals surface area contributed by atoms with Gasteiger partial charge in [0.25, 0.3) is 11.4 Å². The van der Waals surface area contributed by atoms with Gasteiger partial charge in [-0.15, -0.1) is 0 Å². The summed E-state index contributed by atoms with van der Waals surface area (Å²) >= 11 is 0. The second kappa shape index (κ2) is 13.1. The lowest BCUT2D eigenvalue weighted by Crippen LogP contribution is -2.19. The van der Waals surface area contributed by atoms with Crippen molar-refractivity contribution >= 4 is 33.4 Å². The Morgan fingerprint density at radius 1 is 0.556 bits per heavy atom. The highest BCUT2D eigenvalue weighted by Crippen LogP contribution is 2.38. The van der Waals surface area contributed by atoms with Crippen LogP contribution in [-0.4, -0.2) is 18.3 Å². The Morgan fingerprint density at radius 2 is 0.844 bits per heavy atom. The molecule has 45 heavy (non-hydrogen) atoms. The van der Waals surface area contributed by atoms with Crippen molar-refractivity contribution in [2.24, 2.45) is 0 Å². The number of benzene rings is 4. The average Bonchev–Trinajstić information content (AvgIpc) is 2.95. The molecular formula is C30H18F6N2O6S. The van der Waals surface area contributed by atoms with E-state index in [0.29, 0.717) is 36.4 Å². The van der Waals surface area contributed by atoms with Gasteiger partial charge in [-0.25, -0.2) is 34.8 Å². The van der Waals surface area contributed by atoms with E-state index in [1.54, 1.807) is 0 Å². The topological polar surface area (TPSA) is 120 Å². The number of nitrogens with zero attached hydrogens (tertiary/aromatic N) is 2. The molecule has 4 aromatic carbocycles. The van der Waals surface area contributed by atoms with E-state index in [2.05, 4.69) is 0 Å². The first-order chi connectivity index (χ1) is 21.2. The number of hydrogen-bond acceptors (Lipinski definition) is 6. The van der Waals surface area contributed by atoms with Crippen molar-refractivity contribution in [3.63, 3.8) is 0 Å². The van der Waals surface area contributed by atoms with Crippen molar-refractivity contribution in [1.29, 1.82) is 0 Å². The summed E-state index contributed by atoms with van der Waals surface area (Å²) in [6, 6.07) is 9.48. The maximum Gasteiger partial charge on any atom is 0.269 e. The van der Waals surface area contributed by atoms with Crippen LogP contribution in [0.2, 0.25) is 0 Å². The minimum atomic E-state index is -4.79. The molecule has 0 bridgehead atoms. The van der Waals surface area contributed by atoms with Crippen LogP contribution in [0.15, 0.2) is 84.9 Å². The summed E-state index contributed by atoms with van der Waals surface area (Å²) in [6.45, 7) is 0. The third kappa shape index (κ3) is 7.26. The van der Waals surface area contributed by atoms with Crippen LogP contribution < -0.4 is 0 Å². The molecule has 4 rings (SSSR count). The Kier molecular flexibility index (Phi) is 9.51. The van der Waals surface area contributed by atoms with Crippen molar-refractivity contribution in [3.8, 4) is 0 Å². The van der Waals surface area contributed by atoms with E-state index in [1.165, 1.54) is 0 Å². The predicted molar refractivity (Wildman–Crippen MR) is 151 cm³/mol. The first-order valence-electron chi connectivity index (χ1n) is 12.6. The molecule has 0 aliphatic carbocycles. The Morgan fingerprint density at radius 3 is 1.11 bits per heavy atom. The van der Waals surface area contributed by atoms with Gasteiger partial charge in [-0.1, -0.05) is 48.6 Å². The van der Waals surface area contributed by atoms with Crippen molar-refractivity contribution in [1.82, 2.24) is 0 Å². The summed E-state index contributed by atoms with van der Waals surface area (Å²) in [5.74, 6) is -8.00. The lowest BCUT2D eigenvalue weighted by atomic mass is 10.1. The van der Waals surface area contributed by atoms with Gasteiger partial charge in [0.1, 0.15) is 45.4 Å². The van der Waals surface area contributed by atoms with Gasteiger partial charge in [-0.2, -0.15) is 0 Å². The molecule has 0 radical (unpaired) electrons. The highest BCUT2D eigenvalue weighted by molar-refractivity contribution is 7.92. The maximum atomic E-state index is 14.4. The minimum absolute atomic E-state index is 0.153. The highest BCUT2D eigenvalue weighted by Gasteiger charge is 2.34. The fourth-order valence-corrected chi connectivity index (χ4v) is 6.33. The number of nitro benzene ring substituents is 2. The zero-order valence-electron chi connectivity index (χ0n) is 22.4. The zero-order chi connectivity index (χ0) is 33.1. The second-order valence-corrected chi connectivity index (χ2v) is 11.6. The molecule has 0 saturated carbocycles. The first-order valence-corrected chi connectivity index (χ1v) is 14.2. The fraction of sp³-hybridized carbons (Fsp3) is 0.0667. The van der Waals surface area contributed by atoms with Gasteiger partial charge in [0, 0.05) is 59.7 Å². The SMILES string of the molecule is O=[N+]([O-])c1ccc(C(C=Cc2c(F)cc(F)cc2F)S(=O)(=O)C(C=Cc2c(F)cc(F)cc2F)c2ccc([N+](=O)[O-])cc2)cc1. The van der Waals surface area contributed by atoms with Gasteiger partial charge in [-0.05, 0) is 11.1 Å². The van der Waals surface area contributed by atoms with Crippen LogP contribution in [0.25, 0.3) is 12.2 Å². The quantitative estimate of drug-likeness (QED) is 0.0978. The Hall–Kier alpha value is -5.31. The molecule has 8 nitrogen and oxygen atoms in total. The van der Waals surface area contributed by atoms with E-state index in [0.717, 1.165) is 60.7 Å². The van der Waals surface area contributed by atoms with E-state index in [-0.39, 0.29) is 11.1 Å². The van der Waals surface area contributed by atoms with E-state index in [9.17, 15) is 55.0 Å². The van der Waals surface area contributed by atoms with E-state index < -0.39 is 87.6 Å². The molecule has 2 atom stereocenters. The molecule has 0 amide bonds. The molecular weight excluding hydrogens is 630 g/mol. The zero-order valence-corrected chi connectivity index (χ0v) is 23.2. The Balaban J connectivity index is 1.93. The normalized spacial score (nSPS) is 13.3. The van der Waals surface area contributed by atoms with Crippen molar-refractivity contribution in [3.05, 3.63) is 162 Å². The van der Waals surface area contributed by atoms with Crippen molar-refractivity contribution in [2.75, 3.05) is 0 Å². The summed E-state index contributed by atoms with van der Waals surface area (Å²) in [5, 5.41) is 18.6. The largest absolute Gasteiger partial charge is 0.269 e. The van der Waals surface area contributed by atoms with Gasteiger partial charge in [-0.3, -0.25) is 20.2 Å². The van der Waals surface area contributed by atoms with Crippen LogP contribution in [0.1, 0.15) is 32.8 Å². The van der Waals surface area contributed by atoms with Gasteiger partial charge >= 0.3 is 0 Å². The Labute approximate surface area is 250 Å². The van der Waals surface area contributed by atoms with E-state index >= 15 is 0 Å². The standard InChI is InChI=1S/C30H18F6N2O6S/c31-19-13-25(33)23(26(34)14-19)9-11-29(17-1-5-21(6-2-17)37(39)40)45(43,44)30(18-3-7-22(8-4-18)38(41)42)12-10-24-27(35)15-20(32)16-28(24)36/h1-16,29-30H. The number of nitro groups is 2. The van der Waals surface area contributed by atoms with Crippen molar-refractivity contribution in [2.45, 2.75) is 10.5 Å². The summed E-state index contributed by atoms with van der Waals surface area (Å²) in [6.07, 6.45) is 3.07. The first kappa shape index (κ1) is 32.6. The highest BCUT2D eigenvalue weighted by atomic mass is 32.2. The number of sulfone groups is 1. The third-order valence-corrected chi connectivity index (χ3v) is 8.81. The Bertz CT molecular complexity index is 1770. The van der Waals surface area contributed by atoms with Crippen LogP contribution in [0, 0.1) is 55.1 Å². The molecule has 0 heterocycles. The van der Waals surface area contributed by atoms with Crippen LogP contribution in [-0.2, 0) is 9.84 Å². The minimum Gasteiger partial charge on any atom is -0.258 e. The summed E-state index contributed by atoms with van der Waals surface area (Å²) in [5.41, 5.74) is -2.81. The summed E-state index contributed by atoms with van der Waals surface area (Å²) in [4.78, 5) is 20.8.